The molecule has 0 bridgehead atoms. The van der Waals surface area contributed by atoms with Crippen LogP contribution in [0.25, 0.3) is 10.9 Å². The topological polar surface area (TPSA) is 8.17 Å². The first kappa shape index (κ1) is 10.4. The number of benzene rings is 1. The molecular formula is C15H16N2. The highest BCUT2D eigenvalue weighted by Gasteiger charge is 2.20. The van der Waals surface area contributed by atoms with Crippen molar-refractivity contribution in [3.8, 4) is 12.3 Å². The van der Waals surface area contributed by atoms with Crippen molar-refractivity contribution in [2.24, 2.45) is 0 Å². The second-order valence-electron chi connectivity index (χ2n) is 4.66. The average molecular weight is 224 g/mol. The van der Waals surface area contributed by atoms with E-state index >= 15 is 0 Å². The summed E-state index contributed by atoms with van der Waals surface area (Å²) in [6.07, 6.45) is 5.39. The zero-order valence-corrected chi connectivity index (χ0v) is 10.1. The minimum atomic E-state index is 0.751. The maximum atomic E-state index is 5.39. The fraction of sp³-hybridized carbons (Fsp3) is 0.333. The van der Waals surface area contributed by atoms with Gasteiger partial charge in [-0.25, -0.2) is 0 Å². The van der Waals surface area contributed by atoms with Crippen LogP contribution < -0.4 is 0 Å². The van der Waals surface area contributed by atoms with Gasteiger partial charge < -0.3 is 4.57 Å². The molecular weight excluding hydrogens is 208 g/mol. The highest BCUT2D eigenvalue weighted by atomic mass is 15.2. The van der Waals surface area contributed by atoms with E-state index in [1.54, 1.807) is 0 Å². The SMILES string of the molecule is C#CCN1CCn2c(c(C)c3ccccc32)C1. The number of nitrogens with zero attached hydrogens (tertiary/aromatic N) is 2. The summed E-state index contributed by atoms with van der Waals surface area (Å²) in [5.74, 6) is 2.74. The lowest BCUT2D eigenvalue weighted by Gasteiger charge is -2.27. The Bertz CT molecular complexity index is 601. The summed E-state index contributed by atoms with van der Waals surface area (Å²) in [6, 6.07) is 8.65. The van der Waals surface area contributed by atoms with E-state index in [0.29, 0.717) is 0 Å². The summed E-state index contributed by atoms with van der Waals surface area (Å²) in [6.45, 7) is 6.04. The quantitative estimate of drug-likeness (QED) is 0.675. The third kappa shape index (κ3) is 1.55. The van der Waals surface area contributed by atoms with E-state index in [1.165, 1.54) is 22.2 Å². The van der Waals surface area contributed by atoms with Gasteiger partial charge >= 0.3 is 0 Å². The van der Waals surface area contributed by atoms with Gasteiger partial charge in [0.1, 0.15) is 0 Å². The molecule has 1 aliphatic heterocycles. The van der Waals surface area contributed by atoms with Crippen LogP contribution in [-0.2, 0) is 13.1 Å². The van der Waals surface area contributed by atoms with Gasteiger partial charge in [-0.1, -0.05) is 24.1 Å². The number of aryl methyl sites for hydroxylation is 1. The Morgan fingerprint density at radius 1 is 1.29 bits per heavy atom. The molecule has 17 heavy (non-hydrogen) atoms. The van der Waals surface area contributed by atoms with E-state index in [9.17, 15) is 0 Å². The van der Waals surface area contributed by atoms with Gasteiger partial charge in [0.05, 0.1) is 6.54 Å². The molecule has 0 atom stereocenters. The van der Waals surface area contributed by atoms with Crippen LogP contribution in [0.5, 0.6) is 0 Å². The van der Waals surface area contributed by atoms with E-state index in [1.807, 2.05) is 0 Å². The molecule has 0 aliphatic carbocycles. The predicted octanol–water partition coefficient (Wildman–Crippen LogP) is 2.40. The van der Waals surface area contributed by atoms with E-state index in [2.05, 4.69) is 46.6 Å². The van der Waals surface area contributed by atoms with Gasteiger partial charge in [-0.2, -0.15) is 0 Å². The van der Waals surface area contributed by atoms with Crippen molar-refractivity contribution in [2.45, 2.75) is 20.0 Å². The smallest absolute Gasteiger partial charge is 0.0603 e. The maximum absolute atomic E-state index is 5.39. The Morgan fingerprint density at radius 3 is 2.94 bits per heavy atom. The molecule has 0 N–H and O–H groups in total. The standard InChI is InChI=1S/C15H16N2/c1-3-8-16-9-10-17-14-7-5-4-6-13(14)12(2)15(17)11-16/h1,4-7H,8-11H2,2H3. The summed E-state index contributed by atoms with van der Waals surface area (Å²) < 4.78 is 2.44. The van der Waals surface area contributed by atoms with Gasteiger partial charge in [0.25, 0.3) is 0 Å². The molecule has 2 heteroatoms. The summed E-state index contributed by atoms with van der Waals surface area (Å²) >= 11 is 0. The molecule has 0 unspecified atom stereocenters. The summed E-state index contributed by atoms with van der Waals surface area (Å²) in [7, 11) is 0. The first-order valence-electron chi connectivity index (χ1n) is 6.04. The molecule has 2 heterocycles. The number of para-hydroxylation sites is 1. The van der Waals surface area contributed by atoms with Crippen molar-refractivity contribution < 1.29 is 0 Å². The Morgan fingerprint density at radius 2 is 2.12 bits per heavy atom. The van der Waals surface area contributed by atoms with Crippen molar-refractivity contribution in [3.05, 3.63) is 35.5 Å². The summed E-state index contributed by atoms with van der Waals surface area (Å²) in [5.41, 5.74) is 4.19. The minimum absolute atomic E-state index is 0.751. The lowest BCUT2D eigenvalue weighted by atomic mass is 10.1. The van der Waals surface area contributed by atoms with Crippen molar-refractivity contribution in [2.75, 3.05) is 13.1 Å². The van der Waals surface area contributed by atoms with Gasteiger partial charge in [0.2, 0.25) is 0 Å². The van der Waals surface area contributed by atoms with Crippen LogP contribution in [0.3, 0.4) is 0 Å². The summed E-state index contributed by atoms with van der Waals surface area (Å²) in [5, 5.41) is 1.38. The number of hydrogen-bond acceptors (Lipinski definition) is 1. The third-order valence-electron chi connectivity index (χ3n) is 3.69. The fourth-order valence-electron chi connectivity index (χ4n) is 2.79. The molecule has 0 spiro atoms. The molecule has 0 radical (unpaired) electrons. The van der Waals surface area contributed by atoms with Crippen molar-refractivity contribution in [1.82, 2.24) is 9.47 Å². The summed E-state index contributed by atoms with van der Waals surface area (Å²) in [4.78, 5) is 2.33. The van der Waals surface area contributed by atoms with Crippen molar-refractivity contribution in [3.63, 3.8) is 0 Å². The second kappa shape index (κ2) is 3.94. The van der Waals surface area contributed by atoms with Gasteiger partial charge in [0, 0.05) is 36.2 Å². The molecule has 2 nitrogen and oxygen atoms in total. The molecule has 0 amide bonds. The van der Waals surface area contributed by atoms with Crippen LogP contribution in [0.2, 0.25) is 0 Å². The number of aromatic nitrogens is 1. The number of terminal acetylenes is 1. The third-order valence-corrected chi connectivity index (χ3v) is 3.69. The van der Waals surface area contributed by atoms with Crippen LogP contribution in [0, 0.1) is 19.3 Å². The Balaban J connectivity index is 2.12. The van der Waals surface area contributed by atoms with Crippen LogP contribution in [0.1, 0.15) is 11.3 Å². The lowest BCUT2D eigenvalue weighted by Crippen LogP contribution is -2.33. The van der Waals surface area contributed by atoms with Crippen molar-refractivity contribution in [1.29, 1.82) is 0 Å². The monoisotopic (exact) mass is 224 g/mol. The van der Waals surface area contributed by atoms with E-state index < -0.39 is 0 Å². The number of hydrogen-bond donors (Lipinski definition) is 0. The van der Waals surface area contributed by atoms with E-state index in [-0.39, 0.29) is 0 Å². The fourth-order valence-corrected chi connectivity index (χ4v) is 2.79. The molecule has 1 aromatic carbocycles. The zero-order valence-electron chi connectivity index (χ0n) is 10.1. The van der Waals surface area contributed by atoms with Crippen LogP contribution in [0.15, 0.2) is 24.3 Å². The molecule has 0 fully saturated rings. The largest absolute Gasteiger partial charge is 0.342 e. The number of fused-ring (bicyclic) bond motifs is 3. The van der Waals surface area contributed by atoms with Gasteiger partial charge in [-0.15, -0.1) is 6.42 Å². The van der Waals surface area contributed by atoms with Crippen LogP contribution in [0.4, 0.5) is 0 Å². The van der Waals surface area contributed by atoms with Gasteiger partial charge in [0.15, 0.2) is 0 Å². The van der Waals surface area contributed by atoms with E-state index in [0.717, 1.165) is 26.2 Å². The first-order valence-corrected chi connectivity index (χ1v) is 6.04. The van der Waals surface area contributed by atoms with Crippen LogP contribution in [-0.4, -0.2) is 22.6 Å². The van der Waals surface area contributed by atoms with E-state index in [4.69, 9.17) is 6.42 Å². The highest BCUT2D eigenvalue weighted by Crippen LogP contribution is 2.28. The highest BCUT2D eigenvalue weighted by molar-refractivity contribution is 5.85. The molecule has 1 aliphatic rings. The zero-order chi connectivity index (χ0) is 11.8. The minimum Gasteiger partial charge on any atom is -0.342 e. The molecule has 0 saturated carbocycles. The normalized spacial score (nSPS) is 15.8. The molecule has 1 aromatic heterocycles. The first-order chi connectivity index (χ1) is 8.31. The van der Waals surface area contributed by atoms with Crippen molar-refractivity contribution >= 4 is 10.9 Å². The predicted molar refractivity (Wildman–Crippen MR) is 70.8 cm³/mol. The molecule has 0 saturated heterocycles. The average Bonchev–Trinajstić information content (AvgIpc) is 2.65. The van der Waals surface area contributed by atoms with Gasteiger partial charge in [-0.05, 0) is 18.6 Å². The Labute approximate surface area is 102 Å². The second-order valence-corrected chi connectivity index (χ2v) is 4.66. The Hall–Kier alpha value is -1.72. The molecule has 3 rings (SSSR count). The Kier molecular flexibility index (Phi) is 2.42. The van der Waals surface area contributed by atoms with Gasteiger partial charge in [-0.3, -0.25) is 4.90 Å². The maximum Gasteiger partial charge on any atom is 0.0603 e. The molecule has 86 valence electrons. The number of rotatable bonds is 1. The lowest BCUT2D eigenvalue weighted by molar-refractivity contribution is 0.249. The molecule has 2 aromatic rings. The van der Waals surface area contributed by atoms with Crippen LogP contribution >= 0.6 is 0 Å².